The highest BCUT2D eigenvalue weighted by atomic mass is 14.7. The van der Waals surface area contributed by atoms with Crippen molar-refractivity contribution >= 4 is 0 Å². The van der Waals surface area contributed by atoms with Crippen LogP contribution in [0, 0.1) is 0 Å². The van der Waals surface area contributed by atoms with Crippen LogP contribution in [0.25, 0.3) is 201 Å². The average molecular weight is 1450 g/mol. The van der Waals surface area contributed by atoms with E-state index in [0.717, 1.165) is 201 Å². The monoisotopic (exact) mass is 1450 g/mol. The van der Waals surface area contributed by atoms with Crippen molar-refractivity contribution in [1.82, 2.24) is 29.9 Å². The van der Waals surface area contributed by atoms with E-state index in [1.807, 2.05) is 61.4 Å². The van der Waals surface area contributed by atoms with E-state index >= 15 is 0 Å². The van der Waals surface area contributed by atoms with Gasteiger partial charge in [-0.05, 0) is 179 Å². The van der Waals surface area contributed by atoms with Crippen molar-refractivity contribution in [3.8, 4) is 201 Å². The molecule has 13 aromatic carbocycles. The number of hydrogen-bond donors (Lipinski definition) is 0. The molecule has 6 heteroatoms. The van der Waals surface area contributed by atoms with Crippen LogP contribution in [-0.2, 0) is 0 Å². The van der Waals surface area contributed by atoms with E-state index < -0.39 is 0 Å². The van der Waals surface area contributed by atoms with Gasteiger partial charge in [-0.2, -0.15) is 0 Å². The van der Waals surface area contributed by atoms with E-state index in [1.165, 1.54) is 0 Å². The Balaban J connectivity index is 0.643. The van der Waals surface area contributed by atoms with Crippen molar-refractivity contribution < 1.29 is 0 Å². The molecule has 0 saturated carbocycles. The van der Waals surface area contributed by atoms with Crippen molar-refractivity contribution in [3.63, 3.8) is 0 Å². The molecule has 0 aliphatic carbocycles. The third kappa shape index (κ3) is 14.3. The molecular weight excluding hydrogens is 1380 g/mol. The molecule has 0 unspecified atom stereocenters. The molecule has 6 heterocycles. The fourth-order valence-electron chi connectivity index (χ4n) is 15.7. The quantitative estimate of drug-likeness (QED) is 0.0852. The normalized spacial score (nSPS) is 11.2. The second kappa shape index (κ2) is 31.4. The van der Waals surface area contributed by atoms with E-state index in [0.29, 0.717) is 0 Å². The first kappa shape index (κ1) is 69.2. The largest absolute Gasteiger partial charge is 0.256 e. The second-order valence-electron chi connectivity index (χ2n) is 28.5. The zero-order valence-electron chi connectivity index (χ0n) is 62.3. The van der Waals surface area contributed by atoms with Crippen LogP contribution in [0.2, 0.25) is 0 Å². The maximum absolute atomic E-state index is 5.24. The fraction of sp³-hybridized carbons (Fsp3) is 0. The Labute approximate surface area is 664 Å². The van der Waals surface area contributed by atoms with Gasteiger partial charge < -0.3 is 0 Å². The Morgan fingerprint density at radius 3 is 0.404 bits per heavy atom. The molecule has 6 aromatic heterocycles. The van der Waals surface area contributed by atoms with Gasteiger partial charge in [0.15, 0.2) is 0 Å². The summed E-state index contributed by atoms with van der Waals surface area (Å²) in [6, 6.07) is 142. The number of pyridine rings is 6. The summed E-state index contributed by atoms with van der Waals surface area (Å²) in [5.74, 6) is 0. The Kier molecular flexibility index (Phi) is 19.1. The molecule has 0 aliphatic rings. The van der Waals surface area contributed by atoms with Crippen LogP contribution in [0.5, 0.6) is 0 Å². The molecule has 0 bridgehead atoms. The van der Waals surface area contributed by atoms with E-state index in [9.17, 15) is 0 Å². The van der Waals surface area contributed by atoms with Crippen LogP contribution in [0.3, 0.4) is 0 Å². The number of nitrogens with zero attached hydrogens (tertiary/aromatic N) is 6. The second-order valence-corrected chi connectivity index (χ2v) is 28.5. The molecule has 0 amide bonds. The summed E-state index contributed by atoms with van der Waals surface area (Å²) in [4.78, 5) is 30.5. The zero-order chi connectivity index (χ0) is 75.9. The lowest BCUT2D eigenvalue weighted by Crippen LogP contribution is -1.93. The maximum Gasteiger partial charge on any atom is 0.0702 e. The Bertz CT molecular complexity index is 5940. The molecule has 0 spiro atoms. The molecule has 534 valence electrons. The lowest BCUT2D eigenvalue weighted by Gasteiger charge is -2.18. The summed E-state index contributed by atoms with van der Waals surface area (Å²) in [5.41, 5.74) is 37.6. The van der Waals surface area contributed by atoms with Gasteiger partial charge in [-0.25, -0.2) is 0 Å². The summed E-state index contributed by atoms with van der Waals surface area (Å²) in [6.07, 6.45) is 12.0. The molecular formula is C108H72N6. The van der Waals surface area contributed by atoms with Crippen molar-refractivity contribution in [2.45, 2.75) is 0 Å². The van der Waals surface area contributed by atoms with Crippen LogP contribution in [-0.4, -0.2) is 29.9 Å². The Hall–Kier alpha value is -15.2. The summed E-state index contributed by atoms with van der Waals surface area (Å²) in [6.45, 7) is 0. The minimum atomic E-state index is 0.862. The van der Waals surface area contributed by atoms with Gasteiger partial charge in [0.05, 0.1) is 34.2 Å². The molecule has 19 rings (SSSR count). The van der Waals surface area contributed by atoms with Crippen molar-refractivity contribution in [3.05, 3.63) is 438 Å². The van der Waals surface area contributed by atoms with Gasteiger partial charge in [0.1, 0.15) is 0 Å². The topological polar surface area (TPSA) is 77.3 Å². The first-order valence-corrected chi connectivity index (χ1v) is 38.5. The van der Waals surface area contributed by atoms with E-state index in [2.05, 4.69) is 376 Å². The fourth-order valence-corrected chi connectivity index (χ4v) is 15.7. The van der Waals surface area contributed by atoms with Gasteiger partial charge in [-0.3, -0.25) is 29.9 Å². The van der Waals surface area contributed by atoms with Crippen LogP contribution in [0.4, 0.5) is 0 Å². The highest BCUT2D eigenvalue weighted by molar-refractivity contribution is 5.97. The van der Waals surface area contributed by atoms with E-state index in [1.54, 1.807) is 0 Å². The summed E-state index contributed by atoms with van der Waals surface area (Å²) in [7, 11) is 0. The third-order valence-corrected chi connectivity index (χ3v) is 21.5. The van der Waals surface area contributed by atoms with E-state index in [-0.39, 0.29) is 0 Å². The minimum absolute atomic E-state index is 0.862. The summed E-state index contributed by atoms with van der Waals surface area (Å²) < 4.78 is 0. The summed E-state index contributed by atoms with van der Waals surface area (Å²) >= 11 is 0. The first-order chi connectivity index (χ1) is 56.5. The number of aromatic nitrogens is 6. The lowest BCUT2D eigenvalue weighted by molar-refractivity contribution is 1.31. The van der Waals surface area contributed by atoms with Gasteiger partial charge in [0.2, 0.25) is 0 Å². The smallest absolute Gasteiger partial charge is 0.0702 e. The predicted octanol–water partition coefficient (Wildman–Crippen LogP) is 28.1. The molecule has 0 atom stereocenters. The van der Waals surface area contributed by atoms with Crippen molar-refractivity contribution in [2.75, 3.05) is 0 Å². The lowest BCUT2D eigenvalue weighted by atomic mass is 9.86. The van der Waals surface area contributed by atoms with Crippen LogP contribution in [0.1, 0.15) is 0 Å². The number of benzene rings is 13. The molecule has 19 aromatic rings. The van der Waals surface area contributed by atoms with Gasteiger partial charge in [-0.1, -0.05) is 322 Å². The van der Waals surface area contributed by atoms with Gasteiger partial charge in [0.25, 0.3) is 0 Å². The van der Waals surface area contributed by atoms with Crippen molar-refractivity contribution in [2.24, 2.45) is 0 Å². The Morgan fingerprint density at radius 1 is 0.0965 bits per heavy atom. The first-order valence-electron chi connectivity index (χ1n) is 38.5. The maximum atomic E-state index is 5.24. The van der Waals surface area contributed by atoms with Crippen LogP contribution < -0.4 is 0 Å². The molecule has 0 radical (unpaired) electrons. The SMILES string of the molecule is c1ccc(-c2ccc(-c3ccccc3-c3cc(-c4ccccc4-c4ccc(-c5ccccc5)nc4)cc(-c4ccccc4-c4ccc(-c5cccc(-c6ccc(-c7ccccc7-c7cc(-c8ccccc8-c8ccc(-c9ccccc9)nc8)cc(-c8ccccc8-c8ccc(-c9ccccc9)nc8)c7)cn6)c5)nc4)c3)cn2)cc1. The molecule has 0 aliphatic heterocycles. The summed E-state index contributed by atoms with van der Waals surface area (Å²) in [5, 5.41) is 0. The van der Waals surface area contributed by atoms with E-state index in [4.69, 9.17) is 29.9 Å². The highest BCUT2D eigenvalue weighted by Gasteiger charge is 2.21. The minimum Gasteiger partial charge on any atom is -0.256 e. The standard InChI is InChI=1S/C108H72N6/c1-5-26-73(27-6-1)103-54-48-79(67-109-103)91-36-13-19-42-97(91)85-61-86(98-43-20-14-37-92(98)80-49-55-104(110-68-80)74-28-7-2-8-29-74)64-89(63-85)101-46-23-17-40-95(101)83-52-58-107(113-71-83)77-34-25-35-78(60-77)108-59-53-84(72-114-108)96-41-18-24-47-102(96)90-65-87(99-44-21-15-38-93(99)81-50-56-105(111-69-81)75-30-9-3-10-31-75)62-88(66-90)100-45-22-16-39-94(100)82-51-57-106(112-70-82)76-32-11-4-12-33-76/h1-72H. The molecule has 114 heavy (non-hydrogen) atoms. The van der Waals surface area contributed by atoms with Crippen molar-refractivity contribution in [1.29, 1.82) is 0 Å². The molecule has 6 nitrogen and oxygen atoms in total. The third-order valence-electron chi connectivity index (χ3n) is 21.5. The highest BCUT2D eigenvalue weighted by Crippen LogP contribution is 2.46. The van der Waals surface area contributed by atoms with Crippen LogP contribution >= 0.6 is 0 Å². The predicted molar refractivity (Wildman–Crippen MR) is 471 cm³/mol. The Morgan fingerprint density at radius 2 is 0.237 bits per heavy atom. The van der Waals surface area contributed by atoms with Gasteiger partial charge >= 0.3 is 0 Å². The number of hydrogen-bond acceptors (Lipinski definition) is 6. The number of rotatable bonds is 18. The molecule has 0 N–H and O–H groups in total. The van der Waals surface area contributed by atoms with Gasteiger partial charge in [-0.15, -0.1) is 0 Å². The van der Waals surface area contributed by atoms with Gasteiger partial charge in [0, 0.05) is 104 Å². The zero-order valence-corrected chi connectivity index (χ0v) is 62.3. The molecule has 0 saturated heterocycles. The average Bonchev–Trinajstić information content (AvgIpc) is 0.764. The van der Waals surface area contributed by atoms with Crippen LogP contribution in [0.15, 0.2) is 438 Å². The molecule has 0 fully saturated rings.